The number of nitrogens with zero attached hydrogens (tertiary/aromatic N) is 2. The second kappa shape index (κ2) is 4.87. The Morgan fingerprint density at radius 1 is 1.39 bits per heavy atom. The van der Waals surface area contributed by atoms with Gasteiger partial charge in [-0.05, 0) is 26.0 Å². The average molecular weight is 246 g/mol. The first-order valence-corrected chi connectivity index (χ1v) is 5.50. The van der Waals surface area contributed by atoms with E-state index in [1.165, 1.54) is 0 Å². The molecule has 0 spiro atoms. The summed E-state index contributed by atoms with van der Waals surface area (Å²) < 4.78 is 5.35. The molecule has 2 aromatic heterocycles. The Balaban J connectivity index is 2.00. The van der Waals surface area contributed by atoms with Crippen LogP contribution in [0.15, 0.2) is 22.6 Å². The van der Waals surface area contributed by atoms with Gasteiger partial charge < -0.3 is 15.5 Å². The zero-order valence-corrected chi connectivity index (χ0v) is 10.2. The summed E-state index contributed by atoms with van der Waals surface area (Å²) in [4.78, 5) is 19.9. The molecular weight excluding hydrogens is 232 g/mol. The number of nitrogens with two attached hydrogens (primary N) is 1. The fraction of sp³-hybridized carbons (Fsp3) is 0.250. The fourth-order valence-electron chi connectivity index (χ4n) is 1.44. The standard InChI is InChI=1S/C12H14N4O2/c1-7-8(2)18-11(15-7)6-14-12(17)9-4-3-5-10(13)16-9/h3-5H,6H2,1-2H3,(H2,13,16)(H,14,17). The minimum atomic E-state index is -0.309. The van der Waals surface area contributed by atoms with E-state index in [2.05, 4.69) is 15.3 Å². The summed E-state index contributed by atoms with van der Waals surface area (Å²) in [6, 6.07) is 4.89. The number of hydrogen-bond acceptors (Lipinski definition) is 5. The molecular formula is C12H14N4O2. The van der Waals surface area contributed by atoms with E-state index in [1.807, 2.05) is 13.8 Å². The first kappa shape index (κ1) is 12.1. The van der Waals surface area contributed by atoms with Crippen LogP contribution in [-0.2, 0) is 6.54 Å². The molecule has 94 valence electrons. The number of carbonyl (C=O) groups excluding carboxylic acids is 1. The van der Waals surface area contributed by atoms with Gasteiger partial charge in [0.2, 0.25) is 5.89 Å². The van der Waals surface area contributed by atoms with Gasteiger partial charge in [0.05, 0.1) is 12.2 Å². The van der Waals surface area contributed by atoms with Crippen LogP contribution in [0.4, 0.5) is 5.82 Å². The molecule has 0 bridgehead atoms. The zero-order chi connectivity index (χ0) is 13.1. The fourth-order valence-corrected chi connectivity index (χ4v) is 1.44. The lowest BCUT2D eigenvalue weighted by atomic mass is 10.3. The van der Waals surface area contributed by atoms with Crippen molar-refractivity contribution in [1.82, 2.24) is 15.3 Å². The number of oxazole rings is 1. The zero-order valence-electron chi connectivity index (χ0n) is 10.2. The van der Waals surface area contributed by atoms with Crippen molar-refractivity contribution in [3.8, 4) is 0 Å². The molecule has 2 heterocycles. The minimum Gasteiger partial charge on any atom is -0.444 e. The molecule has 6 nitrogen and oxygen atoms in total. The molecule has 0 fully saturated rings. The molecule has 0 saturated carbocycles. The Labute approximate surface area is 104 Å². The molecule has 0 unspecified atom stereocenters. The molecule has 0 radical (unpaired) electrons. The van der Waals surface area contributed by atoms with Crippen LogP contribution in [0.1, 0.15) is 27.8 Å². The lowest BCUT2D eigenvalue weighted by molar-refractivity contribution is 0.0942. The van der Waals surface area contributed by atoms with E-state index in [4.69, 9.17) is 10.2 Å². The molecule has 0 aromatic carbocycles. The van der Waals surface area contributed by atoms with Crippen molar-refractivity contribution in [3.05, 3.63) is 41.2 Å². The summed E-state index contributed by atoms with van der Waals surface area (Å²) in [5.74, 6) is 1.23. The number of pyridine rings is 1. The van der Waals surface area contributed by atoms with E-state index in [1.54, 1.807) is 18.2 Å². The number of rotatable bonds is 3. The monoisotopic (exact) mass is 246 g/mol. The predicted molar refractivity (Wildman–Crippen MR) is 65.8 cm³/mol. The highest BCUT2D eigenvalue weighted by Crippen LogP contribution is 2.08. The van der Waals surface area contributed by atoms with Gasteiger partial charge >= 0.3 is 0 Å². The Bertz CT molecular complexity index is 558. The summed E-state index contributed by atoms with van der Waals surface area (Å²) in [5, 5.41) is 2.67. The maximum atomic E-state index is 11.8. The van der Waals surface area contributed by atoms with Crippen LogP contribution in [-0.4, -0.2) is 15.9 Å². The first-order valence-electron chi connectivity index (χ1n) is 5.50. The van der Waals surface area contributed by atoms with E-state index in [0.717, 1.165) is 11.5 Å². The highest BCUT2D eigenvalue weighted by molar-refractivity contribution is 5.92. The maximum absolute atomic E-state index is 11.8. The third-order valence-electron chi connectivity index (χ3n) is 2.48. The smallest absolute Gasteiger partial charge is 0.270 e. The lowest BCUT2D eigenvalue weighted by Crippen LogP contribution is -2.24. The molecule has 1 amide bonds. The average Bonchev–Trinajstić information content (AvgIpc) is 2.66. The molecule has 0 aliphatic carbocycles. The highest BCUT2D eigenvalue weighted by atomic mass is 16.4. The van der Waals surface area contributed by atoms with Gasteiger partial charge in [-0.3, -0.25) is 4.79 Å². The molecule has 0 aliphatic rings. The number of nitrogen functional groups attached to an aromatic ring is 1. The molecule has 0 saturated heterocycles. The molecule has 0 aliphatic heterocycles. The SMILES string of the molecule is Cc1nc(CNC(=O)c2cccc(N)n2)oc1C. The van der Waals surface area contributed by atoms with Gasteiger partial charge in [0.15, 0.2) is 0 Å². The quantitative estimate of drug-likeness (QED) is 0.848. The number of carbonyl (C=O) groups is 1. The third kappa shape index (κ3) is 2.65. The van der Waals surface area contributed by atoms with Gasteiger partial charge in [0, 0.05) is 0 Å². The summed E-state index contributed by atoms with van der Waals surface area (Å²) in [7, 11) is 0. The molecule has 0 atom stereocenters. The van der Waals surface area contributed by atoms with Crippen LogP contribution in [0.3, 0.4) is 0 Å². The minimum absolute atomic E-state index is 0.226. The summed E-state index contributed by atoms with van der Waals surface area (Å²) in [5.41, 5.74) is 6.60. The number of hydrogen-bond donors (Lipinski definition) is 2. The van der Waals surface area contributed by atoms with E-state index in [0.29, 0.717) is 11.7 Å². The van der Waals surface area contributed by atoms with Crippen LogP contribution in [0.2, 0.25) is 0 Å². The molecule has 2 aromatic rings. The number of nitrogens with one attached hydrogen (secondary N) is 1. The Kier molecular flexibility index (Phi) is 3.27. The maximum Gasteiger partial charge on any atom is 0.270 e. The van der Waals surface area contributed by atoms with Crippen molar-refractivity contribution in [3.63, 3.8) is 0 Å². The summed E-state index contributed by atoms with van der Waals surface area (Å²) in [6.07, 6.45) is 0. The Morgan fingerprint density at radius 3 is 2.78 bits per heavy atom. The third-order valence-corrected chi connectivity index (χ3v) is 2.48. The molecule has 2 rings (SSSR count). The van der Waals surface area contributed by atoms with E-state index in [-0.39, 0.29) is 18.1 Å². The van der Waals surface area contributed by atoms with Gasteiger partial charge in [-0.15, -0.1) is 0 Å². The normalized spacial score (nSPS) is 10.3. The van der Waals surface area contributed by atoms with Crippen molar-refractivity contribution >= 4 is 11.7 Å². The van der Waals surface area contributed by atoms with Gasteiger partial charge in [-0.2, -0.15) is 0 Å². The predicted octanol–water partition coefficient (Wildman–Crippen LogP) is 1.20. The van der Waals surface area contributed by atoms with Crippen LogP contribution in [0.5, 0.6) is 0 Å². The van der Waals surface area contributed by atoms with Crippen molar-refractivity contribution in [1.29, 1.82) is 0 Å². The highest BCUT2D eigenvalue weighted by Gasteiger charge is 2.10. The van der Waals surface area contributed by atoms with Crippen LogP contribution < -0.4 is 11.1 Å². The second-order valence-electron chi connectivity index (χ2n) is 3.88. The Morgan fingerprint density at radius 2 is 2.17 bits per heavy atom. The number of amides is 1. The summed E-state index contributed by atoms with van der Waals surface area (Å²) >= 11 is 0. The van der Waals surface area contributed by atoms with Gasteiger partial charge in [-0.25, -0.2) is 9.97 Å². The van der Waals surface area contributed by atoms with Crippen molar-refractivity contribution < 1.29 is 9.21 Å². The first-order chi connectivity index (χ1) is 8.56. The number of anilines is 1. The molecule has 3 N–H and O–H groups in total. The van der Waals surface area contributed by atoms with E-state index >= 15 is 0 Å². The van der Waals surface area contributed by atoms with Crippen molar-refractivity contribution in [2.75, 3.05) is 5.73 Å². The van der Waals surface area contributed by atoms with E-state index in [9.17, 15) is 4.79 Å². The largest absolute Gasteiger partial charge is 0.444 e. The topological polar surface area (TPSA) is 94.0 Å². The Hall–Kier alpha value is -2.37. The summed E-state index contributed by atoms with van der Waals surface area (Å²) in [6.45, 7) is 3.90. The van der Waals surface area contributed by atoms with Gasteiger partial charge in [0.25, 0.3) is 5.91 Å². The molecule has 18 heavy (non-hydrogen) atoms. The van der Waals surface area contributed by atoms with Crippen LogP contribution in [0, 0.1) is 13.8 Å². The van der Waals surface area contributed by atoms with Crippen LogP contribution in [0.25, 0.3) is 0 Å². The van der Waals surface area contributed by atoms with Gasteiger partial charge in [0.1, 0.15) is 17.3 Å². The number of aromatic nitrogens is 2. The van der Waals surface area contributed by atoms with E-state index < -0.39 is 0 Å². The number of aryl methyl sites for hydroxylation is 2. The van der Waals surface area contributed by atoms with Crippen molar-refractivity contribution in [2.24, 2.45) is 0 Å². The lowest BCUT2D eigenvalue weighted by Gasteiger charge is -2.02. The molecule has 6 heteroatoms. The van der Waals surface area contributed by atoms with Crippen molar-refractivity contribution in [2.45, 2.75) is 20.4 Å². The van der Waals surface area contributed by atoms with Gasteiger partial charge in [-0.1, -0.05) is 6.07 Å². The second-order valence-corrected chi connectivity index (χ2v) is 3.88. The van der Waals surface area contributed by atoms with Crippen LogP contribution >= 0.6 is 0 Å².